The highest BCUT2D eigenvalue weighted by Crippen LogP contribution is 2.20. The van der Waals surface area contributed by atoms with Gasteiger partial charge in [-0.2, -0.15) is 5.10 Å². The van der Waals surface area contributed by atoms with Crippen LogP contribution < -0.4 is 19.8 Å². The number of carbonyl (C=O) groups excluding carboxylic acids is 2. The van der Waals surface area contributed by atoms with E-state index in [1.54, 1.807) is 54.6 Å². The lowest BCUT2D eigenvalue weighted by Crippen LogP contribution is -2.46. The monoisotopic (exact) mass is 522 g/mol. The highest BCUT2D eigenvalue weighted by atomic mass is 32.2. The molecule has 0 saturated carbocycles. The first-order valence-corrected chi connectivity index (χ1v) is 13.5. The number of ether oxygens (including phenoxy) is 1. The normalized spacial score (nSPS) is 12.1. The van der Waals surface area contributed by atoms with Crippen LogP contribution in [0.1, 0.15) is 18.1 Å². The second-order valence-electron chi connectivity index (χ2n) is 8.25. The van der Waals surface area contributed by atoms with Crippen molar-refractivity contribution in [3.63, 3.8) is 0 Å². The van der Waals surface area contributed by atoms with Crippen LogP contribution >= 0.6 is 0 Å². The van der Waals surface area contributed by atoms with E-state index in [4.69, 9.17) is 4.74 Å². The molecule has 0 aliphatic carbocycles. The summed E-state index contributed by atoms with van der Waals surface area (Å²) in [5.41, 5.74) is 4.59. The van der Waals surface area contributed by atoms with Gasteiger partial charge in [0.15, 0.2) is 6.61 Å². The van der Waals surface area contributed by atoms with Crippen LogP contribution in [-0.2, 0) is 26.0 Å². The molecule has 1 atom stereocenters. The van der Waals surface area contributed by atoms with E-state index in [9.17, 15) is 18.0 Å². The summed E-state index contributed by atoms with van der Waals surface area (Å²) >= 11 is 0. The highest BCUT2D eigenvalue weighted by Gasteiger charge is 2.28. The summed E-state index contributed by atoms with van der Waals surface area (Å²) in [6.45, 7) is 1.91. The van der Waals surface area contributed by atoms with Crippen molar-refractivity contribution in [1.29, 1.82) is 0 Å². The van der Waals surface area contributed by atoms with Gasteiger partial charge in [0.2, 0.25) is 10.0 Å². The maximum atomic E-state index is 12.6. The molecule has 0 saturated heterocycles. The molecule has 9 nitrogen and oxygen atoms in total. The second kappa shape index (κ2) is 13.2. The van der Waals surface area contributed by atoms with Crippen molar-refractivity contribution < 1.29 is 22.7 Å². The Kier molecular flexibility index (Phi) is 9.79. The van der Waals surface area contributed by atoms with E-state index >= 15 is 0 Å². The molecule has 0 radical (unpaired) electrons. The van der Waals surface area contributed by atoms with Gasteiger partial charge in [-0.05, 0) is 60.9 Å². The van der Waals surface area contributed by atoms with Gasteiger partial charge in [-0.15, -0.1) is 0 Å². The number of rotatable bonds is 12. The average molecular weight is 523 g/mol. The predicted octanol–water partition coefficient (Wildman–Crippen LogP) is 2.73. The molecule has 0 aliphatic rings. The molecule has 0 heterocycles. The molecule has 0 spiro atoms. The van der Waals surface area contributed by atoms with Crippen molar-refractivity contribution in [1.82, 2.24) is 10.7 Å². The molecule has 3 aromatic rings. The summed E-state index contributed by atoms with van der Waals surface area (Å²) in [6, 6.07) is 24.1. The fourth-order valence-corrected chi connectivity index (χ4v) is 4.66. The minimum absolute atomic E-state index is 0.103. The van der Waals surface area contributed by atoms with Gasteiger partial charge in [0, 0.05) is 6.54 Å². The van der Waals surface area contributed by atoms with E-state index < -0.39 is 22.0 Å². The van der Waals surface area contributed by atoms with Crippen LogP contribution in [0.5, 0.6) is 5.75 Å². The molecule has 0 fully saturated rings. The maximum Gasteiger partial charge on any atom is 0.263 e. The fraction of sp³-hybridized carbons (Fsp3) is 0.222. The average Bonchev–Trinajstić information content (AvgIpc) is 2.88. The van der Waals surface area contributed by atoms with Crippen molar-refractivity contribution in [2.45, 2.75) is 19.4 Å². The third-order valence-electron chi connectivity index (χ3n) is 5.32. The molecule has 0 unspecified atom stereocenters. The van der Waals surface area contributed by atoms with E-state index in [0.29, 0.717) is 23.5 Å². The summed E-state index contributed by atoms with van der Waals surface area (Å²) in [5, 5.41) is 6.75. The second-order valence-corrected chi connectivity index (χ2v) is 10.1. The van der Waals surface area contributed by atoms with E-state index in [1.807, 2.05) is 30.3 Å². The van der Waals surface area contributed by atoms with Gasteiger partial charge in [0.05, 0.1) is 18.2 Å². The van der Waals surface area contributed by atoms with Crippen molar-refractivity contribution in [3.05, 3.63) is 96.1 Å². The largest absolute Gasteiger partial charge is 0.484 e. The minimum atomic E-state index is -3.70. The van der Waals surface area contributed by atoms with Crippen molar-refractivity contribution in [2.75, 3.05) is 23.7 Å². The van der Waals surface area contributed by atoms with E-state index in [2.05, 4.69) is 15.8 Å². The Morgan fingerprint density at radius 2 is 1.59 bits per heavy atom. The maximum absolute atomic E-state index is 12.6. The van der Waals surface area contributed by atoms with Crippen LogP contribution in [0.15, 0.2) is 90.0 Å². The van der Waals surface area contributed by atoms with E-state index in [-0.39, 0.29) is 12.5 Å². The summed E-state index contributed by atoms with van der Waals surface area (Å²) in [4.78, 5) is 24.6. The standard InChI is InChI=1S/C27H30N4O5S/c1-21(31(37(2,34)35)24-11-7-4-8-12-24)27(33)30-29-19-23-13-15-25(16-14-23)36-20-26(32)28-18-17-22-9-5-3-6-10-22/h3-16,19,21H,17-18,20H2,1-2H3,(H,28,32)(H,30,33)/b29-19-/t21-/m1/s1. The number of sulfonamides is 1. The Hall–Kier alpha value is -4.18. The number of carbonyl (C=O) groups is 2. The third-order valence-corrected chi connectivity index (χ3v) is 6.56. The van der Waals surface area contributed by atoms with Gasteiger partial charge in [0.1, 0.15) is 11.8 Å². The van der Waals surface area contributed by atoms with Crippen LogP contribution in [0.2, 0.25) is 0 Å². The smallest absolute Gasteiger partial charge is 0.263 e. The van der Waals surface area contributed by atoms with Gasteiger partial charge in [-0.3, -0.25) is 13.9 Å². The summed E-state index contributed by atoms with van der Waals surface area (Å²) in [6.07, 6.45) is 3.22. The van der Waals surface area contributed by atoms with Crippen LogP contribution in [-0.4, -0.2) is 51.9 Å². The topological polar surface area (TPSA) is 117 Å². The predicted molar refractivity (Wildman–Crippen MR) is 144 cm³/mol. The molecule has 0 aromatic heterocycles. The number of hydrazone groups is 1. The zero-order valence-electron chi connectivity index (χ0n) is 20.7. The Balaban J connectivity index is 1.45. The van der Waals surface area contributed by atoms with E-state index in [1.165, 1.54) is 13.1 Å². The number of amides is 2. The summed E-state index contributed by atoms with van der Waals surface area (Å²) in [5.74, 6) is -0.277. The number of nitrogens with one attached hydrogen (secondary N) is 2. The molecule has 3 rings (SSSR count). The van der Waals surface area contributed by atoms with Gasteiger partial charge in [-0.25, -0.2) is 13.8 Å². The number of nitrogens with zero attached hydrogens (tertiary/aromatic N) is 2. The Bertz CT molecular complexity index is 1300. The lowest BCUT2D eigenvalue weighted by atomic mass is 10.1. The molecule has 194 valence electrons. The first-order chi connectivity index (χ1) is 17.7. The molecule has 0 bridgehead atoms. The van der Waals surface area contributed by atoms with Crippen LogP contribution in [0.25, 0.3) is 0 Å². The summed E-state index contributed by atoms with van der Waals surface area (Å²) < 4.78 is 31.1. The minimum Gasteiger partial charge on any atom is -0.484 e. The molecule has 10 heteroatoms. The van der Waals surface area contributed by atoms with Crippen LogP contribution in [0, 0.1) is 0 Å². The quantitative estimate of drug-likeness (QED) is 0.280. The zero-order chi connectivity index (χ0) is 26.7. The van der Waals surface area contributed by atoms with Crippen LogP contribution in [0.4, 0.5) is 5.69 Å². The van der Waals surface area contributed by atoms with Crippen LogP contribution in [0.3, 0.4) is 0 Å². The third kappa shape index (κ3) is 8.76. The van der Waals surface area contributed by atoms with Gasteiger partial charge in [-0.1, -0.05) is 48.5 Å². The summed E-state index contributed by atoms with van der Waals surface area (Å²) in [7, 11) is -3.70. The number of hydrogen-bond acceptors (Lipinski definition) is 6. The molecular formula is C27H30N4O5S. The Labute approximate surface area is 217 Å². The van der Waals surface area contributed by atoms with Gasteiger partial charge >= 0.3 is 0 Å². The van der Waals surface area contributed by atoms with E-state index in [0.717, 1.165) is 22.5 Å². The molecule has 0 aliphatic heterocycles. The first kappa shape index (κ1) is 27.4. The SMILES string of the molecule is C[C@H](C(=O)N/N=C\c1ccc(OCC(=O)NCCc2ccccc2)cc1)N(c1ccccc1)S(C)(=O)=O. The number of para-hydroxylation sites is 1. The fourth-order valence-electron chi connectivity index (χ4n) is 3.49. The lowest BCUT2D eigenvalue weighted by molar-refractivity contribution is -0.123. The highest BCUT2D eigenvalue weighted by molar-refractivity contribution is 7.92. The molecule has 3 aromatic carbocycles. The molecular weight excluding hydrogens is 492 g/mol. The Morgan fingerprint density at radius 3 is 2.22 bits per heavy atom. The molecule has 2 amide bonds. The zero-order valence-corrected chi connectivity index (χ0v) is 21.5. The number of hydrogen-bond donors (Lipinski definition) is 2. The first-order valence-electron chi connectivity index (χ1n) is 11.6. The van der Waals surface area contributed by atoms with Crippen molar-refractivity contribution in [3.8, 4) is 5.75 Å². The Morgan fingerprint density at radius 1 is 0.973 bits per heavy atom. The van der Waals surface area contributed by atoms with Gasteiger partial charge in [0.25, 0.3) is 11.8 Å². The lowest BCUT2D eigenvalue weighted by Gasteiger charge is -2.27. The van der Waals surface area contributed by atoms with Crippen molar-refractivity contribution in [2.24, 2.45) is 5.10 Å². The molecule has 2 N–H and O–H groups in total. The number of benzene rings is 3. The number of anilines is 1. The van der Waals surface area contributed by atoms with Gasteiger partial charge < -0.3 is 10.1 Å². The van der Waals surface area contributed by atoms with Crippen molar-refractivity contribution >= 4 is 33.7 Å². The molecule has 37 heavy (non-hydrogen) atoms.